The summed E-state index contributed by atoms with van der Waals surface area (Å²) in [7, 11) is 0. The molecule has 1 N–H and O–H groups in total. The molecule has 0 saturated carbocycles. The zero-order valence-corrected chi connectivity index (χ0v) is 12.0. The Balaban J connectivity index is 2.22. The van der Waals surface area contributed by atoms with E-state index in [2.05, 4.69) is 0 Å². The van der Waals surface area contributed by atoms with Gasteiger partial charge in [0.1, 0.15) is 0 Å². The minimum atomic E-state index is -0.969. The monoisotopic (exact) mass is 312 g/mol. The van der Waals surface area contributed by atoms with Crippen LogP contribution in [0.15, 0.2) is 18.2 Å². The molecule has 1 atom stereocenters. The van der Waals surface area contributed by atoms with Gasteiger partial charge in [-0.3, -0.25) is 19.7 Å². The first-order valence-electron chi connectivity index (χ1n) is 6.21. The van der Waals surface area contributed by atoms with Gasteiger partial charge in [0.15, 0.2) is 0 Å². The third-order valence-corrected chi connectivity index (χ3v) is 3.98. The molecular formula is C13H13ClN2O5. The van der Waals surface area contributed by atoms with Crippen molar-refractivity contribution in [2.24, 2.45) is 5.41 Å². The number of halogens is 1. The lowest BCUT2D eigenvalue weighted by molar-refractivity contribution is -0.384. The fraction of sp³-hybridized carbons (Fsp3) is 0.385. The Bertz CT molecular complexity index is 633. The van der Waals surface area contributed by atoms with Gasteiger partial charge >= 0.3 is 5.97 Å². The fourth-order valence-electron chi connectivity index (χ4n) is 2.27. The molecule has 1 unspecified atom stereocenters. The molecule has 1 aliphatic heterocycles. The topological polar surface area (TPSA) is 101 Å². The van der Waals surface area contributed by atoms with E-state index in [1.807, 2.05) is 0 Å². The van der Waals surface area contributed by atoms with E-state index in [1.165, 1.54) is 17.0 Å². The van der Waals surface area contributed by atoms with E-state index in [4.69, 9.17) is 16.7 Å². The first kappa shape index (κ1) is 15.2. The van der Waals surface area contributed by atoms with Crippen LogP contribution in [0.5, 0.6) is 0 Å². The second kappa shape index (κ2) is 5.33. The van der Waals surface area contributed by atoms with Crippen molar-refractivity contribution >= 4 is 29.2 Å². The minimum absolute atomic E-state index is 0.0156. The number of carboxylic acid groups (broad SMARTS) is 1. The summed E-state index contributed by atoms with van der Waals surface area (Å²) in [6.45, 7) is 1.99. The zero-order chi connectivity index (χ0) is 15.8. The van der Waals surface area contributed by atoms with Crippen LogP contribution in [0.25, 0.3) is 0 Å². The highest BCUT2D eigenvalue weighted by Crippen LogP contribution is 2.32. The molecule has 8 heteroatoms. The van der Waals surface area contributed by atoms with Gasteiger partial charge in [0.25, 0.3) is 11.6 Å². The summed E-state index contributed by atoms with van der Waals surface area (Å²) in [5, 5.41) is 19.8. The van der Waals surface area contributed by atoms with Gasteiger partial charge < -0.3 is 10.0 Å². The van der Waals surface area contributed by atoms with Gasteiger partial charge in [-0.25, -0.2) is 0 Å². The number of aliphatic carboxylic acids is 1. The zero-order valence-electron chi connectivity index (χ0n) is 11.2. The summed E-state index contributed by atoms with van der Waals surface area (Å²) in [6.07, 6.45) is 0.360. The molecule has 1 heterocycles. The van der Waals surface area contributed by atoms with Gasteiger partial charge in [0, 0.05) is 25.2 Å². The van der Waals surface area contributed by atoms with Crippen LogP contribution in [0.3, 0.4) is 0 Å². The molecule has 1 aliphatic rings. The van der Waals surface area contributed by atoms with Crippen molar-refractivity contribution in [2.75, 3.05) is 13.1 Å². The molecule has 112 valence electrons. The predicted octanol–water partition coefficient (Wildman–Crippen LogP) is 2.19. The first-order chi connectivity index (χ1) is 9.74. The summed E-state index contributed by atoms with van der Waals surface area (Å²) in [5.74, 6) is -1.37. The van der Waals surface area contributed by atoms with Gasteiger partial charge in [-0.15, -0.1) is 0 Å². The second-order valence-electron chi connectivity index (χ2n) is 5.26. The number of amides is 1. The molecule has 21 heavy (non-hydrogen) atoms. The molecule has 0 aliphatic carbocycles. The van der Waals surface area contributed by atoms with Crippen LogP contribution in [0, 0.1) is 15.5 Å². The van der Waals surface area contributed by atoms with Gasteiger partial charge in [0.05, 0.1) is 20.9 Å². The highest BCUT2D eigenvalue weighted by molar-refractivity contribution is 6.34. The van der Waals surface area contributed by atoms with Gasteiger partial charge in [-0.2, -0.15) is 0 Å². The maximum atomic E-state index is 12.3. The molecule has 2 rings (SSSR count). The van der Waals surface area contributed by atoms with Crippen LogP contribution in [0.1, 0.15) is 23.7 Å². The number of carbonyl (C=O) groups excluding carboxylic acids is 1. The van der Waals surface area contributed by atoms with Crippen molar-refractivity contribution in [3.63, 3.8) is 0 Å². The average Bonchev–Trinajstić information content (AvgIpc) is 2.82. The highest BCUT2D eigenvalue weighted by Gasteiger charge is 2.42. The minimum Gasteiger partial charge on any atom is -0.481 e. The van der Waals surface area contributed by atoms with Gasteiger partial charge in [-0.1, -0.05) is 11.6 Å². The van der Waals surface area contributed by atoms with Crippen LogP contribution in [-0.2, 0) is 4.79 Å². The molecule has 0 aromatic heterocycles. The van der Waals surface area contributed by atoms with Crippen LogP contribution in [-0.4, -0.2) is 39.9 Å². The molecule has 1 saturated heterocycles. The van der Waals surface area contributed by atoms with Crippen LogP contribution in [0.4, 0.5) is 5.69 Å². The lowest BCUT2D eigenvalue weighted by atomic mass is 9.90. The lowest BCUT2D eigenvalue weighted by Gasteiger charge is -2.20. The summed E-state index contributed by atoms with van der Waals surface area (Å²) < 4.78 is 0. The largest absolute Gasteiger partial charge is 0.481 e. The summed E-state index contributed by atoms with van der Waals surface area (Å²) in [4.78, 5) is 35.0. The third-order valence-electron chi connectivity index (χ3n) is 3.67. The number of hydrogen-bond donors (Lipinski definition) is 1. The normalized spacial score (nSPS) is 21.3. The lowest BCUT2D eigenvalue weighted by Crippen LogP contribution is -2.35. The van der Waals surface area contributed by atoms with E-state index in [-0.39, 0.29) is 22.8 Å². The first-order valence-corrected chi connectivity index (χ1v) is 6.59. The van der Waals surface area contributed by atoms with Crippen molar-refractivity contribution in [1.29, 1.82) is 0 Å². The number of hydrogen-bond acceptors (Lipinski definition) is 4. The third kappa shape index (κ3) is 2.82. The number of carbonyl (C=O) groups is 2. The van der Waals surface area contributed by atoms with Gasteiger partial charge in [0.2, 0.25) is 0 Å². The smallest absolute Gasteiger partial charge is 0.311 e. The van der Waals surface area contributed by atoms with Crippen LogP contribution >= 0.6 is 11.6 Å². The summed E-state index contributed by atoms with van der Waals surface area (Å²) >= 11 is 5.91. The van der Waals surface area contributed by atoms with Crippen molar-refractivity contribution in [3.05, 3.63) is 38.9 Å². The number of carboxylic acids is 1. The number of rotatable bonds is 3. The number of nitro benzene ring substituents is 1. The number of likely N-dealkylation sites (tertiary alicyclic amines) is 1. The van der Waals surface area contributed by atoms with E-state index in [9.17, 15) is 19.7 Å². The molecule has 0 radical (unpaired) electrons. The molecule has 1 amide bonds. The standard InChI is InChI=1S/C13H13ClN2O5/c1-13(12(18)19)4-5-15(7-13)11(17)9-3-2-8(16(20)21)6-10(9)14/h2-3,6H,4-5,7H2,1H3,(H,18,19). The van der Waals surface area contributed by atoms with Crippen LogP contribution in [0.2, 0.25) is 5.02 Å². The van der Waals surface area contributed by atoms with Crippen molar-refractivity contribution in [1.82, 2.24) is 4.90 Å². The maximum Gasteiger partial charge on any atom is 0.311 e. The van der Waals surface area contributed by atoms with Crippen LogP contribution < -0.4 is 0 Å². The Kier molecular flexibility index (Phi) is 3.87. The predicted molar refractivity (Wildman–Crippen MR) is 74.4 cm³/mol. The highest BCUT2D eigenvalue weighted by atomic mass is 35.5. The molecule has 7 nitrogen and oxygen atoms in total. The van der Waals surface area contributed by atoms with Gasteiger partial charge in [-0.05, 0) is 19.4 Å². The fourth-order valence-corrected chi connectivity index (χ4v) is 2.53. The summed E-state index contributed by atoms with van der Waals surface area (Å²) in [5.41, 5.74) is -1.03. The Morgan fingerprint density at radius 3 is 2.62 bits per heavy atom. The second-order valence-corrected chi connectivity index (χ2v) is 5.67. The molecule has 0 bridgehead atoms. The SMILES string of the molecule is CC1(C(=O)O)CCN(C(=O)c2ccc([N+](=O)[O-])cc2Cl)C1. The molecule has 1 aromatic rings. The number of non-ortho nitro benzene ring substituents is 1. The van der Waals surface area contributed by atoms with E-state index in [0.717, 1.165) is 6.07 Å². The number of nitro groups is 1. The Hall–Kier alpha value is -2.15. The van der Waals surface area contributed by atoms with E-state index < -0.39 is 22.2 Å². The Morgan fingerprint density at radius 2 is 2.14 bits per heavy atom. The van der Waals surface area contributed by atoms with E-state index in [1.54, 1.807) is 6.92 Å². The van der Waals surface area contributed by atoms with Crippen molar-refractivity contribution in [2.45, 2.75) is 13.3 Å². The Morgan fingerprint density at radius 1 is 1.48 bits per heavy atom. The van der Waals surface area contributed by atoms with E-state index >= 15 is 0 Å². The molecule has 1 aromatic carbocycles. The Labute approximate surface area is 125 Å². The molecule has 0 spiro atoms. The molecular weight excluding hydrogens is 300 g/mol. The number of nitrogens with zero attached hydrogens (tertiary/aromatic N) is 2. The summed E-state index contributed by atoms with van der Waals surface area (Å²) in [6, 6.07) is 3.60. The molecule has 1 fully saturated rings. The van der Waals surface area contributed by atoms with Crippen molar-refractivity contribution in [3.8, 4) is 0 Å². The average molecular weight is 313 g/mol. The van der Waals surface area contributed by atoms with E-state index in [0.29, 0.717) is 13.0 Å². The number of benzene rings is 1. The maximum absolute atomic E-state index is 12.3. The van der Waals surface area contributed by atoms with Crippen molar-refractivity contribution < 1.29 is 19.6 Å². The quantitative estimate of drug-likeness (QED) is 0.681.